The minimum Gasteiger partial charge on any atom is -0.342 e. The zero-order valence-corrected chi connectivity index (χ0v) is 14.3. The second-order valence-electron chi connectivity index (χ2n) is 7.27. The van der Waals surface area contributed by atoms with Gasteiger partial charge in [-0.2, -0.15) is 0 Å². The number of amides is 1. The Bertz CT molecular complexity index is 482. The van der Waals surface area contributed by atoms with Crippen LogP contribution in [0.1, 0.15) is 44.1 Å². The molecule has 2 heterocycles. The zero-order valence-electron chi connectivity index (χ0n) is 14.3. The lowest BCUT2D eigenvalue weighted by Gasteiger charge is -2.34. The highest BCUT2D eigenvalue weighted by Crippen LogP contribution is 2.16. The third-order valence-corrected chi connectivity index (χ3v) is 5.47. The molecular weight excluding hydrogens is 284 g/mol. The molecule has 0 radical (unpaired) electrons. The normalized spacial score (nSPS) is 25.3. The van der Waals surface area contributed by atoms with E-state index in [0.29, 0.717) is 5.91 Å². The Balaban J connectivity index is 1.43. The number of hydrogen-bond acceptors (Lipinski definition) is 1. The summed E-state index contributed by atoms with van der Waals surface area (Å²) in [7, 11) is 0. The van der Waals surface area contributed by atoms with Gasteiger partial charge in [-0.25, -0.2) is 0 Å². The Morgan fingerprint density at radius 1 is 1.09 bits per heavy atom. The Morgan fingerprint density at radius 2 is 1.87 bits per heavy atom. The molecule has 2 aliphatic heterocycles. The van der Waals surface area contributed by atoms with Gasteiger partial charge in [0.05, 0.1) is 25.6 Å². The van der Waals surface area contributed by atoms with E-state index in [2.05, 4.69) is 35.2 Å². The molecule has 1 aromatic carbocycles. The number of quaternary nitrogens is 1. The fourth-order valence-electron chi connectivity index (χ4n) is 4.15. The van der Waals surface area contributed by atoms with Gasteiger partial charge >= 0.3 is 0 Å². The first-order valence-electron chi connectivity index (χ1n) is 9.49. The van der Waals surface area contributed by atoms with Crippen LogP contribution in [-0.4, -0.2) is 43.5 Å². The van der Waals surface area contributed by atoms with Crippen LogP contribution in [0.3, 0.4) is 0 Å². The standard InChI is InChI=1S/C20H30N2O/c23-20(22-15-5-2-6-16-22)19-12-8-14-21(17-19)13-7-11-18-9-3-1-4-10-18/h1,3-4,9-10,19H,2,5-8,11-17H2/p+1/t19-/m1/s1. The summed E-state index contributed by atoms with van der Waals surface area (Å²) in [6.45, 7) is 5.51. The molecule has 2 aliphatic rings. The monoisotopic (exact) mass is 315 g/mol. The summed E-state index contributed by atoms with van der Waals surface area (Å²) in [6.07, 6.45) is 8.41. The molecule has 0 aromatic heterocycles. The second kappa shape index (κ2) is 8.49. The average Bonchev–Trinajstić information content (AvgIpc) is 2.63. The second-order valence-corrected chi connectivity index (χ2v) is 7.27. The zero-order chi connectivity index (χ0) is 15.9. The number of benzene rings is 1. The van der Waals surface area contributed by atoms with Crippen LogP contribution in [-0.2, 0) is 11.2 Å². The summed E-state index contributed by atoms with van der Waals surface area (Å²) < 4.78 is 0. The highest BCUT2D eigenvalue weighted by atomic mass is 16.2. The summed E-state index contributed by atoms with van der Waals surface area (Å²) in [5.74, 6) is 0.735. The van der Waals surface area contributed by atoms with Gasteiger partial charge in [-0.05, 0) is 44.1 Å². The van der Waals surface area contributed by atoms with Crippen LogP contribution in [0.25, 0.3) is 0 Å². The van der Waals surface area contributed by atoms with Crippen LogP contribution < -0.4 is 4.90 Å². The lowest BCUT2D eigenvalue weighted by atomic mass is 9.95. The number of nitrogens with zero attached hydrogens (tertiary/aromatic N) is 1. The van der Waals surface area contributed by atoms with Gasteiger partial charge < -0.3 is 9.80 Å². The Labute approximate surface area is 140 Å². The predicted molar refractivity (Wildman–Crippen MR) is 93.5 cm³/mol. The van der Waals surface area contributed by atoms with E-state index >= 15 is 0 Å². The third kappa shape index (κ3) is 4.81. The van der Waals surface area contributed by atoms with Crippen molar-refractivity contribution in [1.82, 2.24) is 4.90 Å². The number of piperidine rings is 2. The molecule has 1 N–H and O–H groups in total. The van der Waals surface area contributed by atoms with E-state index in [0.717, 1.165) is 32.5 Å². The van der Waals surface area contributed by atoms with E-state index in [9.17, 15) is 4.79 Å². The maximum atomic E-state index is 12.7. The van der Waals surface area contributed by atoms with Gasteiger partial charge in [0.25, 0.3) is 0 Å². The minimum atomic E-state index is 0.286. The van der Waals surface area contributed by atoms with Gasteiger partial charge in [0.1, 0.15) is 0 Å². The number of likely N-dealkylation sites (tertiary alicyclic amines) is 2. The largest absolute Gasteiger partial charge is 0.342 e. The van der Waals surface area contributed by atoms with E-state index in [4.69, 9.17) is 0 Å². The van der Waals surface area contributed by atoms with Gasteiger partial charge in [-0.15, -0.1) is 0 Å². The maximum Gasteiger partial charge on any atom is 0.231 e. The maximum absolute atomic E-state index is 12.7. The molecule has 0 saturated carbocycles. The summed E-state index contributed by atoms with van der Waals surface area (Å²) >= 11 is 0. The molecule has 0 spiro atoms. The van der Waals surface area contributed by atoms with Crippen LogP contribution >= 0.6 is 0 Å². The van der Waals surface area contributed by atoms with Gasteiger partial charge in [-0.1, -0.05) is 30.3 Å². The highest BCUT2D eigenvalue weighted by Gasteiger charge is 2.31. The van der Waals surface area contributed by atoms with Crippen LogP contribution in [0.4, 0.5) is 0 Å². The van der Waals surface area contributed by atoms with E-state index < -0.39 is 0 Å². The molecule has 0 aliphatic carbocycles. The van der Waals surface area contributed by atoms with Crippen molar-refractivity contribution in [2.24, 2.45) is 5.92 Å². The molecule has 23 heavy (non-hydrogen) atoms. The van der Waals surface area contributed by atoms with Crippen molar-refractivity contribution in [3.05, 3.63) is 35.9 Å². The number of nitrogens with one attached hydrogen (secondary N) is 1. The van der Waals surface area contributed by atoms with E-state index in [1.807, 2.05) is 0 Å². The Kier molecular flexibility index (Phi) is 6.09. The summed E-state index contributed by atoms with van der Waals surface area (Å²) in [4.78, 5) is 16.5. The first-order valence-corrected chi connectivity index (χ1v) is 9.49. The first-order chi connectivity index (χ1) is 11.3. The molecule has 2 saturated heterocycles. The van der Waals surface area contributed by atoms with E-state index in [1.165, 1.54) is 50.8 Å². The number of carbonyl (C=O) groups excluding carboxylic acids is 1. The van der Waals surface area contributed by atoms with Gasteiger partial charge in [0.15, 0.2) is 0 Å². The van der Waals surface area contributed by atoms with E-state index in [1.54, 1.807) is 4.90 Å². The number of rotatable bonds is 5. The Morgan fingerprint density at radius 3 is 2.65 bits per heavy atom. The SMILES string of the molecule is O=C([C@@H]1CCC[NH+](CCCc2ccccc2)C1)N1CCCCC1. The van der Waals surface area contributed by atoms with E-state index in [-0.39, 0.29) is 5.92 Å². The van der Waals surface area contributed by atoms with Gasteiger partial charge in [0.2, 0.25) is 5.91 Å². The molecular formula is C20H31N2O+. The molecule has 2 fully saturated rings. The van der Waals surface area contributed by atoms with Crippen molar-refractivity contribution >= 4 is 5.91 Å². The minimum absolute atomic E-state index is 0.286. The van der Waals surface area contributed by atoms with Crippen LogP contribution in [0.2, 0.25) is 0 Å². The molecule has 3 heteroatoms. The molecule has 3 nitrogen and oxygen atoms in total. The highest BCUT2D eigenvalue weighted by molar-refractivity contribution is 5.79. The van der Waals surface area contributed by atoms with Gasteiger partial charge in [0, 0.05) is 19.5 Å². The molecule has 3 rings (SSSR count). The van der Waals surface area contributed by atoms with Crippen molar-refractivity contribution in [2.75, 3.05) is 32.7 Å². The predicted octanol–water partition coefficient (Wildman–Crippen LogP) is 1.93. The molecule has 1 aromatic rings. The van der Waals surface area contributed by atoms with Gasteiger partial charge in [-0.3, -0.25) is 4.79 Å². The molecule has 126 valence electrons. The average molecular weight is 315 g/mol. The topological polar surface area (TPSA) is 24.8 Å². The smallest absolute Gasteiger partial charge is 0.231 e. The third-order valence-electron chi connectivity index (χ3n) is 5.47. The summed E-state index contributed by atoms with van der Waals surface area (Å²) in [5, 5.41) is 0. The molecule has 2 atom stereocenters. The van der Waals surface area contributed by atoms with Crippen LogP contribution in [0.5, 0.6) is 0 Å². The fraction of sp³-hybridized carbons (Fsp3) is 0.650. The van der Waals surface area contributed by atoms with Crippen molar-refractivity contribution in [1.29, 1.82) is 0 Å². The van der Waals surface area contributed by atoms with Crippen molar-refractivity contribution in [3.63, 3.8) is 0 Å². The number of aryl methyl sites for hydroxylation is 1. The van der Waals surface area contributed by atoms with Crippen molar-refractivity contribution in [3.8, 4) is 0 Å². The lowest BCUT2D eigenvalue weighted by Crippen LogP contribution is -3.13. The number of carbonyl (C=O) groups is 1. The number of hydrogen-bond donors (Lipinski definition) is 1. The van der Waals surface area contributed by atoms with Crippen molar-refractivity contribution in [2.45, 2.75) is 44.9 Å². The van der Waals surface area contributed by atoms with Crippen LogP contribution in [0.15, 0.2) is 30.3 Å². The molecule has 1 unspecified atom stereocenters. The first kappa shape index (κ1) is 16.5. The van der Waals surface area contributed by atoms with Crippen LogP contribution in [0, 0.1) is 5.92 Å². The fourth-order valence-corrected chi connectivity index (χ4v) is 4.15. The van der Waals surface area contributed by atoms with Crippen molar-refractivity contribution < 1.29 is 9.69 Å². The molecule has 0 bridgehead atoms. The summed E-state index contributed by atoms with van der Waals surface area (Å²) in [6, 6.07) is 10.8. The molecule has 1 amide bonds. The Hall–Kier alpha value is -1.35. The quantitative estimate of drug-likeness (QED) is 0.882. The summed E-state index contributed by atoms with van der Waals surface area (Å²) in [5.41, 5.74) is 1.44. The lowest BCUT2D eigenvalue weighted by molar-refractivity contribution is -0.907.